The van der Waals surface area contributed by atoms with Gasteiger partial charge in [0.15, 0.2) is 3.92 Å². The van der Waals surface area contributed by atoms with E-state index in [0.29, 0.717) is 0 Å². The molecule has 88 valence electrons. The van der Waals surface area contributed by atoms with E-state index in [4.69, 9.17) is 0 Å². The second-order valence-electron chi connectivity index (χ2n) is 5.15. The summed E-state index contributed by atoms with van der Waals surface area (Å²) in [5, 5.41) is 9.21. The third kappa shape index (κ3) is 1.99. The minimum Gasteiger partial charge on any atom is -0.349 e. The molecule has 2 fully saturated rings. The van der Waals surface area contributed by atoms with Crippen molar-refractivity contribution in [3.05, 3.63) is 3.92 Å². The van der Waals surface area contributed by atoms with Gasteiger partial charge in [-0.15, -0.1) is 10.2 Å². The van der Waals surface area contributed by atoms with Crippen molar-refractivity contribution in [2.24, 2.45) is 17.8 Å². The highest BCUT2D eigenvalue weighted by Gasteiger charge is 2.39. The van der Waals surface area contributed by atoms with Crippen LogP contribution in [0.3, 0.4) is 0 Å². The highest BCUT2D eigenvalue weighted by molar-refractivity contribution is 9.11. The number of hydrogen-bond donors (Lipinski definition) is 0. The van der Waals surface area contributed by atoms with Gasteiger partial charge in [-0.05, 0) is 52.9 Å². The molecule has 1 aromatic rings. The SMILES string of the molecule is CN(CC1CC2CCC1C2)c1nnc(Br)s1. The molecule has 1 aromatic heterocycles. The van der Waals surface area contributed by atoms with Gasteiger partial charge < -0.3 is 4.90 Å². The molecule has 0 spiro atoms. The lowest BCUT2D eigenvalue weighted by molar-refractivity contribution is 0.337. The first-order chi connectivity index (χ1) is 7.72. The van der Waals surface area contributed by atoms with Crippen LogP contribution in [0.25, 0.3) is 0 Å². The predicted molar refractivity (Wildman–Crippen MR) is 69.8 cm³/mol. The Hall–Kier alpha value is -0.160. The van der Waals surface area contributed by atoms with E-state index in [0.717, 1.165) is 33.3 Å². The Balaban J connectivity index is 1.62. The molecular weight excluding hydrogens is 286 g/mol. The molecule has 2 saturated carbocycles. The molecular formula is C11H16BrN3S. The van der Waals surface area contributed by atoms with E-state index >= 15 is 0 Å². The molecule has 3 nitrogen and oxygen atoms in total. The maximum absolute atomic E-state index is 4.17. The third-order valence-corrected chi connectivity index (χ3v) is 5.58. The van der Waals surface area contributed by atoms with Gasteiger partial charge in [0.05, 0.1) is 0 Å². The van der Waals surface area contributed by atoms with Crippen molar-refractivity contribution in [3.8, 4) is 0 Å². The highest BCUT2D eigenvalue weighted by Crippen LogP contribution is 2.48. The molecule has 0 saturated heterocycles. The lowest BCUT2D eigenvalue weighted by Crippen LogP contribution is -2.28. The number of aromatic nitrogens is 2. The molecule has 3 unspecified atom stereocenters. The Labute approximate surface area is 108 Å². The predicted octanol–water partition coefficient (Wildman–Crippen LogP) is 3.17. The Morgan fingerprint density at radius 1 is 1.38 bits per heavy atom. The number of hydrogen-bond acceptors (Lipinski definition) is 4. The maximum Gasteiger partial charge on any atom is 0.208 e. The molecule has 2 aliphatic rings. The molecule has 0 aliphatic heterocycles. The quantitative estimate of drug-likeness (QED) is 0.859. The van der Waals surface area contributed by atoms with E-state index in [-0.39, 0.29) is 0 Å². The lowest BCUT2D eigenvalue weighted by atomic mass is 9.88. The highest BCUT2D eigenvalue weighted by atomic mass is 79.9. The number of nitrogens with zero attached hydrogens (tertiary/aromatic N) is 3. The molecule has 5 heteroatoms. The van der Waals surface area contributed by atoms with Crippen LogP contribution >= 0.6 is 27.3 Å². The molecule has 2 bridgehead atoms. The van der Waals surface area contributed by atoms with Crippen LogP contribution < -0.4 is 4.90 Å². The van der Waals surface area contributed by atoms with Gasteiger partial charge in [-0.1, -0.05) is 17.8 Å². The summed E-state index contributed by atoms with van der Waals surface area (Å²) < 4.78 is 0.877. The average molecular weight is 302 g/mol. The van der Waals surface area contributed by atoms with Crippen molar-refractivity contribution in [1.82, 2.24) is 10.2 Å². The molecule has 3 rings (SSSR count). The van der Waals surface area contributed by atoms with Gasteiger partial charge in [-0.25, -0.2) is 0 Å². The first-order valence-electron chi connectivity index (χ1n) is 5.92. The fraction of sp³-hybridized carbons (Fsp3) is 0.818. The van der Waals surface area contributed by atoms with Crippen LogP contribution in [-0.4, -0.2) is 23.8 Å². The fourth-order valence-corrected chi connectivity index (χ4v) is 4.44. The Kier molecular flexibility index (Phi) is 2.92. The van der Waals surface area contributed by atoms with Crippen LogP contribution in [0.5, 0.6) is 0 Å². The van der Waals surface area contributed by atoms with E-state index in [1.165, 1.54) is 25.7 Å². The standard InChI is InChI=1S/C11H16BrN3S/c1-15(11-14-13-10(12)16-11)6-9-5-7-2-3-8(9)4-7/h7-9H,2-6H2,1H3. The van der Waals surface area contributed by atoms with Gasteiger partial charge in [-0.2, -0.15) is 0 Å². The zero-order valence-corrected chi connectivity index (χ0v) is 11.8. The Bertz CT molecular complexity index is 381. The summed E-state index contributed by atoms with van der Waals surface area (Å²) in [4.78, 5) is 2.27. The summed E-state index contributed by atoms with van der Waals surface area (Å²) in [7, 11) is 2.14. The smallest absolute Gasteiger partial charge is 0.208 e. The summed E-state index contributed by atoms with van der Waals surface area (Å²) >= 11 is 4.98. The number of anilines is 1. The second kappa shape index (κ2) is 4.26. The van der Waals surface area contributed by atoms with E-state index in [1.807, 2.05) is 0 Å². The zero-order valence-electron chi connectivity index (χ0n) is 9.40. The lowest BCUT2D eigenvalue weighted by Gasteiger charge is -2.26. The summed E-state index contributed by atoms with van der Waals surface area (Å²) in [6.07, 6.45) is 5.87. The largest absolute Gasteiger partial charge is 0.349 e. The summed E-state index contributed by atoms with van der Waals surface area (Å²) in [6, 6.07) is 0. The molecule has 0 N–H and O–H groups in total. The van der Waals surface area contributed by atoms with Crippen molar-refractivity contribution in [1.29, 1.82) is 0 Å². The van der Waals surface area contributed by atoms with Gasteiger partial charge in [0.25, 0.3) is 0 Å². The summed E-state index contributed by atoms with van der Waals surface area (Å²) in [6.45, 7) is 1.16. The van der Waals surface area contributed by atoms with E-state index in [9.17, 15) is 0 Å². The van der Waals surface area contributed by atoms with Crippen LogP contribution in [0.15, 0.2) is 3.92 Å². The average Bonchev–Trinajstić information content (AvgIpc) is 2.92. The van der Waals surface area contributed by atoms with Crippen LogP contribution in [0.2, 0.25) is 0 Å². The second-order valence-corrected chi connectivity index (χ2v) is 7.39. The van der Waals surface area contributed by atoms with Gasteiger partial charge in [0.2, 0.25) is 5.13 Å². The maximum atomic E-state index is 4.17. The molecule has 1 heterocycles. The van der Waals surface area contributed by atoms with E-state index < -0.39 is 0 Å². The van der Waals surface area contributed by atoms with Gasteiger partial charge in [0.1, 0.15) is 0 Å². The van der Waals surface area contributed by atoms with Crippen LogP contribution in [0.4, 0.5) is 5.13 Å². The van der Waals surface area contributed by atoms with Crippen LogP contribution in [-0.2, 0) is 0 Å². The van der Waals surface area contributed by atoms with Crippen molar-refractivity contribution in [2.45, 2.75) is 25.7 Å². The number of halogens is 1. The molecule has 2 aliphatic carbocycles. The third-order valence-electron chi connectivity index (χ3n) is 4.11. The zero-order chi connectivity index (χ0) is 11.1. The minimum absolute atomic E-state index is 0.877. The fourth-order valence-electron chi connectivity index (χ4n) is 3.38. The first-order valence-corrected chi connectivity index (χ1v) is 7.53. The monoisotopic (exact) mass is 301 g/mol. The van der Waals surface area contributed by atoms with Gasteiger partial charge in [-0.3, -0.25) is 0 Å². The summed E-state index contributed by atoms with van der Waals surface area (Å²) in [5.41, 5.74) is 0. The van der Waals surface area contributed by atoms with E-state index in [2.05, 4.69) is 38.1 Å². The molecule has 0 aromatic carbocycles. The van der Waals surface area contributed by atoms with Crippen molar-refractivity contribution < 1.29 is 0 Å². The normalized spacial score (nSPS) is 32.2. The molecule has 0 radical (unpaired) electrons. The van der Waals surface area contributed by atoms with Crippen LogP contribution in [0.1, 0.15) is 25.7 Å². The van der Waals surface area contributed by atoms with Crippen molar-refractivity contribution in [2.75, 3.05) is 18.5 Å². The number of rotatable bonds is 3. The van der Waals surface area contributed by atoms with Gasteiger partial charge >= 0.3 is 0 Å². The van der Waals surface area contributed by atoms with Crippen LogP contribution in [0, 0.1) is 17.8 Å². The molecule has 0 amide bonds. The van der Waals surface area contributed by atoms with E-state index in [1.54, 1.807) is 11.3 Å². The first kappa shape index (κ1) is 11.0. The molecule has 16 heavy (non-hydrogen) atoms. The Morgan fingerprint density at radius 3 is 2.81 bits per heavy atom. The topological polar surface area (TPSA) is 29.0 Å². The summed E-state index contributed by atoms with van der Waals surface area (Å²) in [5.74, 6) is 2.92. The molecule has 3 atom stereocenters. The Morgan fingerprint density at radius 2 is 2.25 bits per heavy atom. The minimum atomic E-state index is 0.877. The van der Waals surface area contributed by atoms with Crippen molar-refractivity contribution in [3.63, 3.8) is 0 Å². The van der Waals surface area contributed by atoms with Gasteiger partial charge in [0, 0.05) is 13.6 Å². The number of fused-ring (bicyclic) bond motifs is 2. The van der Waals surface area contributed by atoms with Crippen molar-refractivity contribution >= 4 is 32.4 Å².